The number of nitrogens with zero attached hydrogens (tertiary/aromatic N) is 1. The van der Waals surface area contributed by atoms with Crippen LogP contribution in [-0.2, 0) is 9.59 Å². The standard InChI is InChI=1S/C13H16N4O3/c1-2-16-17-12(19)9-14-11(18)8-15-13(20)10-6-4-3-5-7-10/h2-7H,8-9H2,1H3,(H,14,18)(H,15,20)(H,17,19). The van der Waals surface area contributed by atoms with Gasteiger partial charge < -0.3 is 10.6 Å². The van der Waals surface area contributed by atoms with E-state index in [1.165, 1.54) is 6.21 Å². The maximum Gasteiger partial charge on any atom is 0.259 e. The first kappa shape index (κ1) is 15.4. The van der Waals surface area contributed by atoms with E-state index in [1.54, 1.807) is 37.3 Å². The van der Waals surface area contributed by atoms with Crippen molar-refractivity contribution in [1.82, 2.24) is 16.1 Å². The Balaban J connectivity index is 2.26. The van der Waals surface area contributed by atoms with Gasteiger partial charge in [-0.2, -0.15) is 5.10 Å². The molecule has 106 valence electrons. The first-order valence-electron chi connectivity index (χ1n) is 6.00. The molecule has 0 spiro atoms. The predicted octanol–water partition coefficient (Wildman–Crippen LogP) is -0.345. The third-order valence-electron chi connectivity index (χ3n) is 2.21. The molecule has 0 saturated carbocycles. The van der Waals surface area contributed by atoms with Gasteiger partial charge in [-0.1, -0.05) is 18.2 Å². The summed E-state index contributed by atoms with van der Waals surface area (Å²) in [6.07, 6.45) is 1.42. The lowest BCUT2D eigenvalue weighted by molar-refractivity contribution is -0.125. The largest absolute Gasteiger partial charge is 0.345 e. The van der Waals surface area contributed by atoms with E-state index in [1.807, 2.05) is 0 Å². The number of hydrogen-bond acceptors (Lipinski definition) is 4. The molecule has 0 bridgehead atoms. The lowest BCUT2D eigenvalue weighted by atomic mass is 10.2. The molecule has 0 fully saturated rings. The minimum absolute atomic E-state index is 0.196. The van der Waals surface area contributed by atoms with Crippen molar-refractivity contribution in [2.75, 3.05) is 13.1 Å². The normalized spacial score (nSPS) is 10.1. The van der Waals surface area contributed by atoms with E-state index in [0.29, 0.717) is 5.56 Å². The molecule has 7 heteroatoms. The molecule has 0 saturated heterocycles. The minimum atomic E-state index is -0.454. The van der Waals surface area contributed by atoms with Gasteiger partial charge in [0.2, 0.25) is 5.91 Å². The minimum Gasteiger partial charge on any atom is -0.345 e. The summed E-state index contributed by atoms with van der Waals surface area (Å²) in [6, 6.07) is 8.54. The zero-order valence-corrected chi connectivity index (χ0v) is 11.1. The van der Waals surface area contributed by atoms with E-state index in [9.17, 15) is 14.4 Å². The topological polar surface area (TPSA) is 99.7 Å². The van der Waals surface area contributed by atoms with Crippen LogP contribution in [0.25, 0.3) is 0 Å². The number of hydrazone groups is 1. The van der Waals surface area contributed by atoms with Crippen LogP contribution in [0.5, 0.6) is 0 Å². The van der Waals surface area contributed by atoms with Gasteiger partial charge in [0, 0.05) is 11.8 Å². The zero-order chi connectivity index (χ0) is 14.8. The number of hydrogen-bond donors (Lipinski definition) is 3. The molecule has 0 radical (unpaired) electrons. The molecule has 7 nitrogen and oxygen atoms in total. The highest BCUT2D eigenvalue weighted by Gasteiger charge is 2.08. The van der Waals surface area contributed by atoms with E-state index < -0.39 is 11.8 Å². The number of benzene rings is 1. The molecule has 0 unspecified atom stereocenters. The average Bonchev–Trinajstić information content (AvgIpc) is 2.49. The van der Waals surface area contributed by atoms with E-state index in [2.05, 4.69) is 21.2 Å². The molecular weight excluding hydrogens is 260 g/mol. The summed E-state index contributed by atoms with van der Waals surface area (Å²) in [7, 11) is 0. The SMILES string of the molecule is CC=NNC(=O)CNC(=O)CNC(=O)c1ccccc1. The van der Waals surface area contributed by atoms with Crippen molar-refractivity contribution in [2.45, 2.75) is 6.92 Å². The highest BCUT2D eigenvalue weighted by atomic mass is 16.2. The predicted molar refractivity (Wildman–Crippen MR) is 74.1 cm³/mol. The van der Waals surface area contributed by atoms with Crippen LogP contribution in [0, 0.1) is 0 Å². The summed E-state index contributed by atoms with van der Waals surface area (Å²) in [5, 5.41) is 8.33. The van der Waals surface area contributed by atoms with Crippen molar-refractivity contribution >= 4 is 23.9 Å². The van der Waals surface area contributed by atoms with Crippen molar-refractivity contribution in [3.8, 4) is 0 Å². The van der Waals surface area contributed by atoms with Gasteiger partial charge >= 0.3 is 0 Å². The summed E-state index contributed by atoms with van der Waals surface area (Å²) < 4.78 is 0. The summed E-state index contributed by atoms with van der Waals surface area (Å²) in [5.41, 5.74) is 2.67. The van der Waals surface area contributed by atoms with Crippen LogP contribution in [0.4, 0.5) is 0 Å². The zero-order valence-electron chi connectivity index (χ0n) is 11.1. The molecular formula is C13H16N4O3. The molecule has 0 aliphatic heterocycles. The van der Waals surface area contributed by atoms with Crippen molar-refractivity contribution < 1.29 is 14.4 Å². The molecule has 20 heavy (non-hydrogen) atoms. The van der Waals surface area contributed by atoms with Gasteiger partial charge in [0.1, 0.15) is 0 Å². The van der Waals surface area contributed by atoms with Crippen molar-refractivity contribution in [2.24, 2.45) is 5.10 Å². The fourth-order valence-electron chi connectivity index (χ4n) is 1.27. The van der Waals surface area contributed by atoms with E-state index >= 15 is 0 Å². The molecule has 3 N–H and O–H groups in total. The van der Waals surface area contributed by atoms with Crippen molar-refractivity contribution in [3.63, 3.8) is 0 Å². The Labute approximate surface area is 116 Å². The number of rotatable bonds is 6. The first-order chi connectivity index (χ1) is 9.63. The Morgan fingerprint density at radius 1 is 1.05 bits per heavy atom. The second-order valence-electron chi connectivity index (χ2n) is 3.75. The van der Waals surface area contributed by atoms with Crippen LogP contribution in [0.1, 0.15) is 17.3 Å². The molecule has 1 rings (SSSR count). The monoisotopic (exact) mass is 276 g/mol. The number of nitrogens with one attached hydrogen (secondary N) is 3. The first-order valence-corrected chi connectivity index (χ1v) is 6.00. The van der Waals surface area contributed by atoms with Crippen LogP contribution in [0.3, 0.4) is 0 Å². The van der Waals surface area contributed by atoms with Gasteiger partial charge in [0.25, 0.3) is 11.8 Å². The van der Waals surface area contributed by atoms with Gasteiger partial charge in [-0.3, -0.25) is 14.4 Å². The van der Waals surface area contributed by atoms with Gasteiger partial charge in [-0.05, 0) is 19.1 Å². The highest BCUT2D eigenvalue weighted by Crippen LogP contribution is 1.96. The molecule has 0 heterocycles. The Morgan fingerprint density at radius 3 is 2.35 bits per heavy atom. The maximum absolute atomic E-state index is 11.6. The third kappa shape index (κ3) is 5.76. The van der Waals surface area contributed by atoms with E-state index in [0.717, 1.165) is 0 Å². The van der Waals surface area contributed by atoms with Crippen molar-refractivity contribution in [3.05, 3.63) is 35.9 Å². The smallest absolute Gasteiger partial charge is 0.259 e. The molecule has 0 aromatic heterocycles. The maximum atomic E-state index is 11.6. The molecule has 3 amide bonds. The molecule has 0 aliphatic carbocycles. The fraction of sp³-hybridized carbons (Fsp3) is 0.231. The van der Waals surface area contributed by atoms with Gasteiger partial charge in [0.15, 0.2) is 0 Å². The summed E-state index contributed by atoms with van der Waals surface area (Å²) in [6.45, 7) is 1.26. The molecule has 0 aliphatic rings. The van der Waals surface area contributed by atoms with Crippen LogP contribution in [0.2, 0.25) is 0 Å². The average molecular weight is 276 g/mol. The second kappa shape index (κ2) is 8.41. The quantitative estimate of drug-likeness (QED) is 0.489. The molecule has 1 aromatic carbocycles. The second-order valence-corrected chi connectivity index (χ2v) is 3.75. The lowest BCUT2D eigenvalue weighted by Gasteiger charge is -2.06. The summed E-state index contributed by atoms with van der Waals surface area (Å²) >= 11 is 0. The van der Waals surface area contributed by atoms with Gasteiger partial charge in [-0.25, -0.2) is 5.43 Å². The number of carbonyl (C=O) groups excluding carboxylic acids is 3. The van der Waals surface area contributed by atoms with Crippen LogP contribution in [-0.4, -0.2) is 37.0 Å². The Hall–Kier alpha value is -2.70. The van der Waals surface area contributed by atoms with Crippen molar-refractivity contribution in [1.29, 1.82) is 0 Å². The summed E-state index contributed by atoms with van der Waals surface area (Å²) in [5.74, 6) is -1.24. The van der Waals surface area contributed by atoms with Crippen LogP contribution >= 0.6 is 0 Å². The number of carbonyl (C=O) groups is 3. The highest BCUT2D eigenvalue weighted by molar-refractivity contribution is 5.96. The van der Waals surface area contributed by atoms with E-state index in [-0.39, 0.29) is 19.0 Å². The lowest BCUT2D eigenvalue weighted by Crippen LogP contribution is -2.41. The third-order valence-corrected chi connectivity index (χ3v) is 2.21. The van der Waals surface area contributed by atoms with Crippen LogP contribution < -0.4 is 16.1 Å². The fourth-order valence-corrected chi connectivity index (χ4v) is 1.27. The Morgan fingerprint density at radius 2 is 1.70 bits per heavy atom. The summed E-state index contributed by atoms with van der Waals surface area (Å²) in [4.78, 5) is 34.2. The molecule has 1 aromatic rings. The van der Waals surface area contributed by atoms with Gasteiger partial charge in [-0.15, -0.1) is 0 Å². The Bertz CT molecular complexity index is 500. The number of amides is 3. The van der Waals surface area contributed by atoms with Gasteiger partial charge in [0.05, 0.1) is 13.1 Å². The van der Waals surface area contributed by atoms with E-state index in [4.69, 9.17) is 0 Å². The molecule has 0 atom stereocenters. The van der Waals surface area contributed by atoms with Crippen LogP contribution in [0.15, 0.2) is 35.4 Å². The Kier molecular flexibility index (Phi) is 6.46.